The van der Waals surface area contributed by atoms with E-state index in [1.165, 1.54) is 11.3 Å². The summed E-state index contributed by atoms with van der Waals surface area (Å²) in [7, 11) is 1.61. The van der Waals surface area contributed by atoms with Gasteiger partial charge in [0.1, 0.15) is 17.1 Å². The quantitative estimate of drug-likeness (QED) is 0.325. The molecule has 2 N–H and O–H groups in total. The molecule has 0 bridgehead atoms. The predicted octanol–water partition coefficient (Wildman–Crippen LogP) is 5.50. The fourth-order valence-electron chi connectivity index (χ4n) is 3.99. The third kappa shape index (κ3) is 3.34. The molecule has 0 fully saturated rings. The van der Waals surface area contributed by atoms with Crippen LogP contribution in [-0.2, 0) is 0 Å². The number of Topliss-reactive ketones (excluding diaryl/α,β-unsaturated/α-hetero) is 1. The predicted molar refractivity (Wildman–Crippen MR) is 132 cm³/mol. The Morgan fingerprint density at radius 1 is 1.03 bits per heavy atom. The number of carbonyl (C=O) groups excluding carboxylic acids is 1. The number of nitrogens with zero attached hydrogens (tertiary/aromatic N) is 4. The lowest BCUT2D eigenvalue weighted by Gasteiger charge is -2.04. The molecule has 0 aliphatic heterocycles. The number of aromatic nitrogens is 6. The number of rotatable bonds is 5. The highest BCUT2D eigenvalue weighted by Crippen LogP contribution is 2.36. The van der Waals surface area contributed by atoms with Gasteiger partial charge in [-0.15, -0.1) is 11.3 Å². The third-order valence-electron chi connectivity index (χ3n) is 5.70. The Kier molecular flexibility index (Phi) is 4.70. The molecule has 0 aliphatic carbocycles. The highest BCUT2D eigenvalue weighted by atomic mass is 32.1. The van der Waals surface area contributed by atoms with Gasteiger partial charge in [-0.1, -0.05) is 0 Å². The van der Waals surface area contributed by atoms with Crippen molar-refractivity contribution in [2.24, 2.45) is 0 Å². The van der Waals surface area contributed by atoms with Crippen LogP contribution in [-0.4, -0.2) is 43.0 Å². The number of thiophene rings is 1. The SMILES string of the molecule is COc1cncc(-c2cc3c(-c4cc5c(-c6ccc(C(C)=O)s6)ccnc5[nH]4)n[nH]c3cn2)c1. The second kappa shape index (κ2) is 7.89. The van der Waals surface area contributed by atoms with Crippen LogP contribution in [0.15, 0.2) is 61.2 Å². The largest absolute Gasteiger partial charge is 0.495 e. The summed E-state index contributed by atoms with van der Waals surface area (Å²) in [5, 5.41) is 9.51. The summed E-state index contributed by atoms with van der Waals surface area (Å²) in [5.74, 6) is 0.734. The summed E-state index contributed by atoms with van der Waals surface area (Å²) < 4.78 is 5.30. The van der Waals surface area contributed by atoms with Crippen LogP contribution in [0.1, 0.15) is 16.6 Å². The molecule has 0 amide bonds. The fraction of sp³-hybridized carbons (Fsp3) is 0.0800. The Morgan fingerprint density at radius 2 is 1.94 bits per heavy atom. The maximum Gasteiger partial charge on any atom is 0.169 e. The van der Waals surface area contributed by atoms with Crippen molar-refractivity contribution >= 4 is 39.1 Å². The average molecular weight is 467 g/mol. The van der Waals surface area contributed by atoms with Gasteiger partial charge in [0, 0.05) is 39.2 Å². The van der Waals surface area contributed by atoms with Gasteiger partial charge in [0.05, 0.1) is 41.3 Å². The normalized spacial score (nSPS) is 11.4. The maximum absolute atomic E-state index is 11.8. The van der Waals surface area contributed by atoms with E-state index < -0.39 is 0 Å². The van der Waals surface area contributed by atoms with Crippen molar-refractivity contribution in [1.29, 1.82) is 0 Å². The van der Waals surface area contributed by atoms with E-state index in [0.29, 0.717) is 5.75 Å². The molecule has 6 rings (SSSR count). The number of ether oxygens (including phenoxy) is 1. The standard InChI is InChI=1S/C25H18N6O2S/c1-13(32)22-3-4-23(34-22)16-5-6-27-25-17(16)8-20(29-25)24-18-9-19(28-12-21(18)30-31-24)14-7-15(33-2)11-26-10-14/h3-12H,1-2H3,(H,27,29)(H,30,31). The molecule has 0 radical (unpaired) electrons. The molecule has 0 aliphatic rings. The molecule has 9 heteroatoms. The van der Waals surface area contributed by atoms with Crippen LogP contribution in [0.2, 0.25) is 0 Å². The average Bonchev–Trinajstić information content (AvgIpc) is 3.61. The number of hydrogen-bond acceptors (Lipinski definition) is 7. The zero-order valence-corrected chi connectivity index (χ0v) is 19.1. The van der Waals surface area contributed by atoms with Crippen LogP contribution in [0.3, 0.4) is 0 Å². The van der Waals surface area contributed by atoms with Gasteiger partial charge in [-0.05, 0) is 43.3 Å². The monoisotopic (exact) mass is 466 g/mol. The number of nitrogens with one attached hydrogen (secondary N) is 2. The number of pyridine rings is 3. The van der Waals surface area contributed by atoms with E-state index in [2.05, 4.69) is 30.1 Å². The van der Waals surface area contributed by atoms with Gasteiger partial charge in [-0.3, -0.25) is 19.9 Å². The molecule has 166 valence electrons. The van der Waals surface area contributed by atoms with Crippen LogP contribution in [0, 0.1) is 0 Å². The second-order valence-corrected chi connectivity index (χ2v) is 8.91. The van der Waals surface area contributed by atoms with Gasteiger partial charge in [0.2, 0.25) is 0 Å². The number of carbonyl (C=O) groups is 1. The van der Waals surface area contributed by atoms with Crippen LogP contribution in [0.5, 0.6) is 5.75 Å². The van der Waals surface area contributed by atoms with E-state index in [4.69, 9.17) is 4.74 Å². The molecule has 6 aromatic heterocycles. The van der Waals surface area contributed by atoms with Crippen molar-refractivity contribution < 1.29 is 9.53 Å². The molecule has 0 atom stereocenters. The summed E-state index contributed by atoms with van der Waals surface area (Å²) in [4.78, 5) is 30.2. The number of hydrogen-bond donors (Lipinski definition) is 2. The maximum atomic E-state index is 11.8. The summed E-state index contributed by atoms with van der Waals surface area (Å²) in [5.41, 5.74) is 5.84. The molecule has 34 heavy (non-hydrogen) atoms. The molecule has 0 saturated heterocycles. The molecule has 6 heterocycles. The van der Waals surface area contributed by atoms with Crippen molar-refractivity contribution in [2.45, 2.75) is 6.92 Å². The lowest BCUT2D eigenvalue weighted by molar-refractivity contribution is 0.102. The van der Waals surface area contributed by atoms with Crippen LogP contribution < -0.4 is 4.74 Å². The summed E-state index contributed by atoms with van der Waals surface area (Å²) >= 11 is 1.48. The van der Waals surface area contributed by atoms with Crippen LogP contribution in [0.25, 0.3) is 55.0 Å². The number of ketones is 1. The van der Waals surface area contributed by atoms with Gasteiger partial charge < -0.3 is 9.72 Å². The molecule has 0 unspecified atom stereocenters. The molecule has 6 aromatic rings. The van der Waals surface area contributed by atoms with Crippen molar-refractivity contribution in [3.63, 3.8) is 0 Å². The number of H-pyrrole nitrogens is 2. The minimum Gasteiger partial charge on any atom is -0.495 e. The first kappa shape index (κ1) is 20.3. The molecule has 0 aromatic carbocycles. The van der Waals surface area contributed by atoms with E-state index in [-0.39, 0.29) is 5.78 Å². The number of aromatic amines is 2. The van der Waals surface area contributed by atoms with Crippen LogP contribution >= 0.6 is 11.3 Å². The Labute approximate surface area is 197 Å². The Morgan fingerprint density at radius 3 is 2.76 bits per heavy atom. The second-order valence-electron chi connectivity index (χ2n) is 7.82. The minimum atomic E-state index is 0.0648. The molecule has 8 nitrogen and oxygen atoms in total. The zero-order chi connectivity index (χ0) is 23.2. The Bertz CT molecular complexity index is 1700. The first-order chi connectivity index (χ1) is 16.6. The van der Waals surface area contributed by atoms with Crippen molar-refractivity contribution in [3.8, 4) is 38.8 Å². The van der Waals surface area contributed by atoms with Gasteiger partial charge in [0.25, 0.3) is 0 Å². The lowest BCUT2D eigenvalue weighted by Crippen LogP contribution is -1.88. The first-order valence-corrected chi connectivity index (χ1v) is 11.3. The smallest absolute Gasteiger partial charge is 0.169 e. The molecule has 0 saturated carbocycles. The highest BCUT2D eigenvalue weighted by Gasteiger charge is 2.16. The van der Waals surface area contributed by atoms with Crippen molar-refractivity contribution in [1.82, 2.24) is 30.1 Å². The van der Waals surface area contributed by atoms with Crippen molar-refractivity contribution in [3.05, 3.63) is 66.1 Å². The topological polar surface area (TPSA) is 109 Å². The van der Waals surface area contributed by atoms with E-state index in [9.17, 15) is 4.79 Å². The molecule has 0 spiro atoms. The number of methoxy groups -OCH3 is 1. The van der Waals surface area contributed by atoms with E-state index >= 15 is 0 Å². The van der Waals surface area contributed by atoms with Crippen molar-refractivity contribution in [2.75, 3.05) is 7.11 Å². The van der Waals surface area contributed by atoms with Gasteiger partial charge in [-0.2, -0.15) is 5.10 Å². The van der Waals surface area contributed by atoms with Gasteiger partial charge in [-0.25, -0.2) is 4.98 Å². The highest BCUT2D eigenvalue weighted by molar-refractivity contribution is 7.17. The lowest BCUT2D eigenvalue weighted by atomic mass is 10.1. The fourth-order valence-corrected chi connectivity index (χ4v) is 4.93. The van der Waals surface area contributed by atoms with E-state index in [0.717, 1.165) is 59.9 Å². The van der Waals surface area contributed by atoms with Crippen LogP contribution in [0.4, 0.5) is 0 Å². The minimum absolute atomic E-state index is 0.0648. The summed E-state index contributed by atoms with van der Waals surface area (Å²) in [6, 6.07) is 11.8. The first-order valence-electron chi connectivity index (χ1n) is 10.5. The summed E-state index contributed by atoms with van der Waals surface area (Å²) in [6.07, 6.45) is 6.95. The third-order valence-corrected chi connectivity index (χ3v) is 6.92. The van der Waals surface area contributed by atoms with Gasteiger partial charge in [0.15, 0.2) is 5.78 Å². The van der Waals surface area contributed by atoms with Gasteiger partial charge >= 0.3 is 0 Å². The van der Waals surface area contributed by atoms with E-state index in [1.807, 2.05) is 36.4 Å². The summed E-state index contributed by atoms with van der Waals surface area (Å²) in [6.45, 7) is 1.58. The molecular formula is C25H18N6O2S. The zero-order valence-electron chi connectivity index (χ0n) is 18.3. The number of fused-ring (bicyclic) bond motifs is 2. The Balaban J connectivity index is 1.47. The molecular weight excluding hydrogens is 448 g/mol. The Hall–Kier alpha value is -4.37. The van der Waals surface area contributed by atoms with E-state index in [1.54, 1.807) is 38.8 Å².